The fourth-order valence-corrected chi connectivity index (χ4v) is 2.56. The number of rotatable bonds is 4. The Morgan fingerprint density at radius 3 is 3.06 bits per heavy atom. The van der Waals surface area contributed by atoms with E-state index < -0.39 is 0 Å². The summed E-state index contributed by atoms with van der Waals surface area (Å²) in [4.78, 5) is 16.1. The lowest BCUT2D eigenvalue weighted by Crippen LogP contribution is -2.14. The Kier molecular flexibility index (Phi) is 3.81. The van der Waals surface area contributed by atoms with Crippen LogP contribution in [-0.4, -0.2) is 10.9 Å². The van der Waals surface area contributed by atoms with E-state index >= 15 is 0 Å². The first kappa shape index (κ1) is 12.8. The smallest absolute Gasteiger partial charge is 0.226 e. The summed E-state index contributed by atoms with van der Waals surface area (Å²) in [5.41, 5.74) is 7.29. The third-order valence-electron chi connectivity index (χ3n) is 2.89. The van der Waals surface area contributed by atoms with Crippen LogP contribution in [0.3, 0.4) is 0 Å². The molecule has 5 heteroatoms. The number of nitrogens with zero attached hydrogens (tertiary/aromatic N) is 1. The minimum atomic E-state index is 0.0244. The molecule has 0 aliphatic carbocycles. The topological polar surface area (TPSA) is 68.0 Å². The van der Waals surface area contributed by atoms with Gasteiger partial charge in [0.05, 0.1) is 10.2 Å². The van der Waals surface area contributed by atoms with Crippen molar-refractivity contribution in [3.05, 3.63) is 18.2 Å². The number of nitrogens with two attached hydrogens (primary N) is 1. The Labute approximate surface area is 110 Å². The third-order valence-corrected chi connectivity index (χ3v) is 3.82. The van der Waals surface area contributed by atoms with Gasteiger partial charge in [-0.2, -0.15) is 0 Å². The minimum absolute atomic E-state index is 0.0244. The maximum atomic E-state index is 11.8. The van der Waals surface area contributed by atoms with Crippen molar-refractivity contribution in [1.29, 1.82) is 0 Å². The number of thiazole rings is 1. The van der Waals surface area contributed by atoms with Crippen LogP contribution in [0.25, 0.3) is 10.2 Å². The molecule has 1 unspecified atom stereocenters. The predicted molar refractivity (Wildman–Crippen MR) is 76.7 cm³/mol. The molecular formula is C13H17N3OS. The highest BCUT2D eigenvalue weighted by Gasteiger charge is 2.10. The molecule has 1 aromatic carbocycles. The molecule has 1 aromatic heterocycles. The summed E-state index contributed by atoms with van der Waals surface area (Å²) in [5.74, 6) is 0.423. The zero-order chi connectivity index (χ0) is 13.1. The number of nitrogens with one attached hydrogen (secondary N) is 1. The summed E-state index contributed by atoms with van der Waals surface area (Å²) in [6.45, 7) is 4.15. The molecule has 0 saturated carbocycles. The molecule has 96 valence electrons. The molecule has 0 aliphatic heterocycles. The van der Waals surface area contributed by atoms with Gasteiger partial charge in [-0.05, 0) is 24.1 Å². The van der Waals surface area contributed by atoms with Gasteiger partial charge >= 0.3 is 0 Å². The number of benzene rings is 1. The molecule has 18 heavy (non-hydrogen) atoms. The molecule has 2 rings (SSSR count). The van der Waals surface area contributed by atoms with Crippen molar-refractivity contribution in [3.8, 4) is 0 Å². The van der Waals surface area contributed by atoms with Crippen molar-refractivity contribution in [3.63, 3.8) is 0 Å². The van der Waals surface area contributed by atoms with Crippen LogP contribution in [-0.2, 0) is 4.79 Å². The van der Waals surface area contributed by atoms with Crippen LogP contribution in [0.4, 0.5) is 10.8 Å². The largest absolute Gasteiger partial charge is 0.399 e. The predicted octanol–water partition coefficient (Wildman–Crippen LogP) is 3.25. The van der Waals surface area contributed by atoms with Gasteiger partial charge in [-0.15, -0.1) is 0 Å². The summed E-state index contributed by atoms with van der Waals surface area (Å²) >= 11 is 1.45. The van der Waals surface area contributed by atoms with Crippen LogP contribution in [0.5, 0.6) is 0 Å². The molecule has 1 heterocycles. The number of hydrogen-bond donors (Lipinski definition) is 2. The van der Waals surface area contributed by atoms with E-state index in [1.165, 1.54) is 11.3 Å². The van der Waals surface area contributed by atoms with Crippen molar-refractivity contribution in [2.75, 3.05) is 11.1 Å². The van der Waals surface area contributed by atoms with Crippen molar-refractivity contribution in [2.45, 2.75) is 26.7 Å². The Hall–Kier alpha value is -1.62. The zero-order valence-electron chi connectivity index (χ0n) is 10.6. The number of carbonyl (C=O) groups is 1. The Morgan fingerprint density at radius 1 is 1.56 bits per heavy atom. The minimum Gasteiger partial charge on any atom is -0.399 e. The molecule has 0 spiro atoms. The average Bonchev–Trinajstić information content (AvgIpc) is 2.69. The summed E-state index contributed by atoms with van der Waals surface area (Å²) in [6.07, 6.45) is 1.54. The quantitative estimate of drug-likeness (QED) is 0.832. The van der Waals surface area contributed by atoms with Crippen LogP contribution >= 0.6 is 11.3 Å². The summed E-state index contributed by atoms with van der Waals surface area (Å²) < 4.78 is 0.994. The van der Waals surface area contributed by atoms with Crippen molar-refractivity contribution >= 4 is 38.3 Å². The SMILES string of the molecule is CCC(C)CC(=O)Nc1nc2ccc(N)cc2s1. The normalized spacial score (nSPS) is 12.6. The van der Waals surface area contributed by atoms with Crippen LogP contribution in [0.1, 0.15) is 26.7 Å². The van der Waals surface area contributed by atoms with E-state index in [2.05, 4.69) is 24.1 Å². The highest BCUT2D eigenvalue weighted by atomic mass is 32.1. The number of fused-ring (bicyclic) bond motifs is 1. The van der Waals surface area contributed by atoms with E-state index in [0.29, 0.717) is 23.2 Å². The van der Waals surface area contributed by atoms with E-state index in [0.717, 1.165) is 16.6 Å². The van der Waals surface area contributed by atoms with Gasteiger partial charge in [0.2, 0.25) is 5.91 Å². The first-order valence-electron chi connectivity index (χ1n) is 6.04. The van der Waals surface area contributed by atoms with E-state index in [1.54, 1.807) is 0 Å². The standard InChI is InChI=1S/C13H17N3OS/c1-3-8(2)6-12(17)16-13-15-10-5-4-9(14)7-11(10)18-13/h4-5,7-8H,3,6,14H2,1-2H3,(H,15,16,17). The highest BCUT2D eigenvalue weighted by molar-refractivity contribution is 7.22. The van der Waals surface area contributed by atoms with Crippen LogP contribution in [0.2, 0.25) is 0 Å². The molecule has 1 amide bonds. The number of carbonyl (C=O) groups excluding carboxylic acids is 1. The van der Waals surface area contributed by atoms with Gasteiger partial charge in [0.1, 0.15) is 0 Å². The third kappa shape index (κ3) is 2.98. The monoisotopic (exact) mass is 263 g/mol. The van der Waals surface area contributed by atoms with E-state index in [4.69, 9.17) is 5.73 Å². The van der Waals surface area contributed by atoms with Crippen LogP contribution in [0.15, 0.2) is 18.2 Å². The van der Waals surface area contributed by atoms with Gasteiger partial charge in [-0.25, -0.2) is 4.98 Å². The van der Waals surface area contributed by atoms with Gasteiger partial charge < -0.3 is 11.1 Å². The lowest BCUT2D eigenvalue weighted by molar-refractivity contribution is -0.117. The Bertz CT molecular complexity index is 564. The zero-order valence-corrected chi connectivity index (χ0v) is 11.4. The number of hydrogen-bond acceptors (Lipinski definition) is 4. The lowest BCUT2D eigenvalue weighted by Gasteiger charge is -2.06. The molecule has 0 radical (unpaired) electrons. The van der Waals surface area contributed by atoms with Crippen LogP contribution < -0.4 is 11.1 Å². The van der Waals surface area contributed by atoms with Gasteiger partial charge in [0.25, 0.3) is 0 Å². The van der Waals surface area contributed by atoms with E-state index in [1.807, 2.05) is 18.2 Å². The van der Waals surface area contributed by atoms with E-state index in [-0.39, 0.29) is 5.91 Å². The van der Waals surface area contributed by atoms with Gasteiger partial charge in [-0.3, -0.25) is 4.79 Å². The molecule has 0 aliphatic rings. The first-order chi connectivity index (χ1) is 8.58. The molecule has 3 N–H and O–H groups in total. The molecular weight excluding hydrogens is 246 g/mol. The maximum absolute atomic E-state index is 11.8. The second kappa shape index (κ2) is 5.35. The molecule has 4 nitrogen and oxygen atoms in total. The summed E-state index contributed by atoms with van der Waals surface area (Å²) in [7, 11) is 0. The highest BCUT2D eigenvalue weighted by Crippen LogP contribution is 2.27. The van der Waals surface area contributed by atoms with E-state index in [9.17, 15) is 4.79 Å². The Balaban J connectivity index is 2.10. The number of nitrogen functional groups attached to an aromatic ring is 1. The van der Waals surface area contributed by atoms with Crippen molar-refractivity contribution in [1.82, 2.24) is 4.98 Å². The lowest BCUT2D eigenvalue weighted by atomic mass is 10.1. The molecule has 2 aromatic rings. The van der Waals surface area contributed by atoms with Gasteiger partial charge in [-0.1, -0.05) is 31.6 Å². The number of anilines is 2. The Morgan fingerprint density at radius 2 is 2.33 bits per heavy atom. The van der Waals surface area contributed by atoms with Gasteiger partial charge in [0.15, 0.2) is 5.13 Å². The van der Waals surface area contributed by atoms with Gasteiger partial charge in [0, 0.05) is 12.1 Å². The van der Waals surface area contributed by atoms with Crippen molar-refractivity contribution < 1.29 is 4.79 Å². The molecule has 0 fully saturated rings. The fourth-order valence-electron chi connectivity index (χ4n) is 1.63. The maximum Gasteiger partial charge on any atom is 0.226 e. The second-order valence-electron chi connectivity index (χ2n) is 4.51. The van der Waals surface area contributed by atoms with Crippen LogP contribution in [0, 0.1) is 5.92 Å². The molecule has 0 bridgehead atoms. The first-order valence-corrected chi connectivity index (χ1v) is 6.86. The number of aromatic nitrogens is 1. The number of amides is 1. The molecule has 0 saturated heterocycles. The fraction of sp³-hybridized carbons (Fsp3) is 0.385. The molecule has 1 atom stereocenters. The average molecular weight is 263 g/mol. The summed E-state index contributed by atoms with van der Waals surface area (Å²) in [6, 6.07) is 5.55. The second-order valence-corrected chi connectivity index (χ2v) is 5.54. The van der Waals surface area contributed by atoms with Crippen molar-refractivity contribution in [2.24, 2.45) is 5.92 Å². The summed E-state index contributed by atoms with van der Waals surface area (Å²) in [5, 5.41) is 3.49.